The van der Waals surface area contributed by atoms with Gasteiger partial charge in [-0.05, 0) is 50.6 Å². The Morgan fingerprint density at radius 1 is 1.12 bits per heavy atom. The molecule has 1 atom stereocenters. The Balaban J connectivity index is 1.64. The number of rotatable bonds is 4. The van der Waals surface area contributed by atoms with Crippen molar-refractivity contribution in [2.45, 2.75) is 26.3 Å². The summed E-state index contributed by atoms with van der Waals surface area (Å²) in [5.41, 5.74) is 3.00. The number of nitrogens with one attached hydrogen (secondary N) is 2. The van der Waals surface area contributed by atoms with Gasteiger partial charge in [-0.15, -0.1) is 0 Å². The van der Waals surface area contributed by atoms with Gasteiger partial charge in [-0.25, -0.2) is 18.4 Å². The fourth-order valence-electron chi connectivity index (χ4n) is 2.79. The van der Waals surface area contributed by atoms with Crippen LogP contribution in [0.3, 0.4) is 0 Å². The number of aromatic nitrogens is 2. The van der Waals surface area contributed by atoms with Crippen LogP contribution in [0.15, 0.2) is 30.3 Å². The van der Waals surface area contributed by atoms with Gasteiger partial charge in [0, 0.05) is 28.7 Å². The molecule has 8 heteroatoms. The monoisotopic (exact) mass is 360 g/mol. The lowest BCUT2D eigenvalue weighted by Gasteiger charge is -2.11. The minimum atomic E-state index is -3.01. The number of aryl methyl sites for hydroxylation is 2. The summed E-state index contributed by atoms with van der Waals surface area (Å²) >= 11 is 0. The molecular formula is C17H20N4O3S. The molecular weight excluding hydrogens is 340 g/mol. The van der Waals surface area contributed by atoms with Gasteiger partial charge in [0.15, 0.2) is 9.84 Å². The molecule has 1 aromatic carbocycles. The Bertz CT molecular complexity index is 874. The average Bonchev–Trinajstić information content (AvgIpc) is 2.85. The second-order valence-corrected chi connectivity index (χ2v) is 8.48. The minimum Gasteiger partial charge on any atom is -0.348 e. The predicted octanol–water partition coefficient (Wildman–Crippen LogP) is 1.75. The van der Waals surface area contributed by atoms with Crippen molar-refractivity contribution < 1.29 is 13.2 Å². The van der Waals surface area contributed by atoms with Crippen LogP contribution < -0.4 is 10.6 Å². The predicted molar refractivity (Wildman–Crippen MR) is 95.8 cm³/mol. The number of nitrogens with zero attached hydrogens (tertiary/aromatic N) is 2. The van der Waals surface area contributed by atoms with Crippen LogP contribution >= 0.6 is 0 Å². The highest BCUT2D eigenvalue weighted by Gasteiger charge is 2.29. The largest absolute Gasteiger partial charge is 0.348 e. The van der Waals surface area contributed by atoms with Gasteiger partial charge in [0.25, 0.3) is 5.91 Å². The fourth-order valence-corrected chi connectivity index (χ4v) is 4.47. The van der Waals surface area contributed by atoms with Crippen molar-refractivity contribution in [1.29, 1.82) is 0 Å². The van der Waals surface area contributed by atoms with Gasteiger partial charge in [0.2, 0.25) is 5.95 Å². The van der Waals surface area contributed by atoms with Crippen LogP contribution in [-0.2, 0) is 9.84 Å². The normalized spacial score (nSPS) is 18.7. The number of hydrogen-bond acceptors (Lipinski definition) is 6. The first-order valence-electron chi connectivity index (χ1n) is 8.01. The highest BCUT2D eigenvalue weighted by molar-refractivity contribution is 7.91. The summed E-state index contributed by atoms with van der Waals surface area (Å²) in [7, 11) is -3.01. The van der Waals surface area contributed by atoms with Crippen molar-refractivity contribution in [2.24, 2.45) is 0 Å². The van der Waals surface area contributed by atoms with E-state index in [-0.39, 0.29) is 23.5 Å². The minimum absolute atomic E-state index is 0.0163. The zero-order valence-corrected chi connectivity index (χ0v) is 14.9. The quantitative estimate of drug-likeness (QED) is 0.861. The maximum atomic E-state index is 12.2. The van der Waals surface area contributed by atoms with Crippen molar-refractivity contribution in [3.8, 4) is 0 Å². The summed E-state index contributed by atoms with van der Waals surface area (Å²) in [5.74, 6) is 0.390. The SMILES string of the molecule is Cc1cc(C)nc(Nc2ccc(C(=O)NC3CCS(=O)(=O)C3)cc2)n1. The van der Waals surface area contributed by atoms with Crippen molar-refractivity contribution in [1.82, 2.24) is 15.3 Å². The molecule has 0 saturated carbocycles. The standard InChI is InChI=1S/C17H20N4O3S/c1-11-9-12(2)19-17(18-11)21-14-5-3-13(4-6-14)16(22)20-15-7-8-25(23,24)10-15/h3-6,9,15H,7-8,10H2,1-2H3,(H,20,22)(H,18,19,21). The first-order valence-corrected chi connectivity index (χ1v) is 9.83. The number of sulfone groups is 1. The zero-order chi connectivity index (χ0) is 18.0. The van der Waals surface area contributed by atoms with Gasteiger partial charge in [-0.2, -0.15) is 0 Å². The van der Waals surface area contributed by atoms with E-state index in [1.807, 2.05) is 19.9 Å². The van der Waals surface area contributed by atoms with E-state index in [1.165, 1.54) is 0 Å². The number of benzene rings is 1. The second-order valence-electron chi connectivity index (χ2n) is 6.25. The number of amides is 1. The van der Waals surface area contributed by atoms with Gasteiger partial charge < -0.3 is 10.6 Å². The van der Waals surface area contributed by atoms with E-state index in [0.29, 0.717) is 17.9 Å². The zero-order valence-electron chi connectivity index (χ0n) is 14.1. The molecule has 0 bridgehead atoms. The first-order chi connectivity index (χ1) is 11.8. The molecule has 2 aromatic rings. The van der Waals surface area contributed by atoms with E-state index in [2.05, 4.69) is 20.6 Å². The molecule has 1 fully saturated rings. The smallest absolute Gasteiger partial charge is 0.251 e. The molecule has 1 unspecified atom stereocenters. The lowest BCUT2D eigenvalue weighted by atomic mass is 10.1. The number of anilines is 2. The number of hydrogen-bond donors (Lipinski definition) is 2. The summed E-state index contributed by atoms with van der Waals surface area (Å²) in [5, 5.41) is 5.87. The Kier molecular flexibility index (Phi) is 4.71. The molecule has 1 aromatic heterocycles. The van der Waals surface area contributed by atoms with Crippen LogP contribution in [0.2, 0.25) is 0 Å². The van der Waals surface area contributed by atoms with Crippen LogP contribution in [0, 0.1) is 13.8 Å². The van der Waals surface area contributed by atoms with Crippen LogP contribution in [0.1, 0.15) is 28.2 Å². The van der Waals surface area contributed by atoms with Crippen LogP contribution in [0.4, 0.5) is 11.6 Å². The van der Waals surface area contributed by atoms with Crippen LogP contribution in [0.5, 0.6) is 0 Å². The molecule has 1 saturated heterocycles. The molecule has 1 aliphatic rings. The summed E-state index contributed by atoms with van der Waals surface area (Å²) < 4.78 is 22.9. The maximum Gasteiger partial charge on any atom is 0.251 e. The van der Waals surface area contributed by atoms with Gasteiger partial charge in [0.1, 0.15) is 0 Å². The number of carbonyl (C=O) groups excluding carboxylic acids is 1. The van der Waals surface area contributed by atoms with Gasteiger partial charge >= 0.3 is 0 Å². The van der Waals surface area contributed by atoms with Crippen molar-refractivity contribution >= 4 is 27.4 Å². The van der Waals surface area contributed by atoms with E-state index in [1.54, 1.807) is 24.3 Å². The van der Waals surface area contributed by atoms with E-state index in [0.717, 1.165) is 17.1 Å². The highest BCUT2D eigenvalue weighted by Crippen LogP contribution is 2.16. The Morgan fingerprint density at radius 3 is 2.32 bits per heavy atom. The third-order valence-corrected chi connectivity index (χ3v) is 5.72. The highest BCUT2D eigenvalue weighted by atomic mass is 32.2. The molecule has 7 nitrogen and oxygen atoms in total. The molecule has 25 heavy (non-hydrogen) atoms. The Labute approximate surface area is 146 Å². The molecule has 0 radical (unpaired) electrons. The van der Waals surface area contributed by atoms with Crippen molar-refractivity contribution in [3.63, 3.8) is 0 Å². The maximum absolute atomic E-state index is 12.2. The Morgan fingerprint density at radius 2 is 1.76 bits per heavy atom. The fraction of sp³-hybridized carbons (Fsp3) is 0.353. The molecule has 2 N–H and O–H groups in total. The molecule has 3 rings (SSSR count). The van der Waals surface area contributed by atoms with Crippen LogP contribution in [-0.4, -0.2) is 41.8 Å². The summed E-state index contributed by atoms with van der Waals surface area (Å²) in [6.45, 7) is 3.80. The van der Waals surface area contributed by atoms with E-state index in [9.17, 15) is 13.2 Å². The lowest BCUT2D eigenvalue weighted by Crippen LogP contribution is -2.35. The van der Waals surface area contributed by atoms with Crippen molar-refractivity contribution in [2.75, 3.05) is 16.8 Å². The lowest BCUT2D eigenvalue weighted by molar-refractivity contribution is 0.0941. The molecule has 0 aliphatic carbocycles. The third-order valence-electron chi connectivity index (χ3n) is 3.95. The van der Waals surface area contributed by atoms with Gasteiger partial charge in [-0.1, -0.05) is 0 Å². The van der Waals surface area contributed by atoms with E-state index in [4.69, 9.17) is 0 Å². The summed E-state index contributed by atoms with van der Waals surface area (Å²) in [6.07, 6.45) is 0.470. The second kappa shape index (κ2) is 6.79. The van der Waals surface area contributed by atoms with Gasteiger partial charge in [0.05, 0.1) is 11.5 Å². The number of carbonyl (C=O) groups is 1. The average molecular weight is 360 g/mol. The topological polar surface area (TPSA) is 101 Å². The first kappa shape index (κ1) is 17.3. The Hall–Kier alpha value is -2.48. The van der Waals surface area contributed by atoms with Gasteiger partial charge in [-0.3, -0.25) is 4.79 Å². The molecule has 1 amide bonds. The van der Waals surface area contributed by atoms with E-state index < -0.39 is 9.84 Å². The third kappa shape index (κ3) is 4.54. The summed E-state index contributed by atoms with van der Waals surface area (Å²) in [6, 6.07) is 8.48. The van der Waals surface area contributed by atoms with Crippen LogP contribution in [0.25, 0.3) is 0 Å². The molecule has 0 spiro atoms. The molecule has 132 valence electrons. The van der Waals surface area contributed by atoms with E-state index >= 15 is 0 Å². The summed E-state index contributed by atoms with van der Waals surface area (Å²) in [4.78, 5) is 20.8. The molecule has 2 heterocycles. The molecule has 1 aliphatic heterocycles. The van der Waals surface area contributed by atoms with Crippen molar-refractivity contribution in [3.05, 3.63) is 47.3 Å².